The van der Waals surface area contributed by atoms with Crippen molar-refractivity contribution in [3.63, 3.8) is 0 Å². The van der Waals surface area contributed by atoms with Crippen LogP contribution < -0.4 is 5.73 Å². The average Bonchev–Trinajstić information content (AvgIpc) is 2.77. The first-order chi connectivity index (χ1) is 9.54. The zero-order valence-corrected chi connectivity index (χ0v) is 11.8. The summed E-state index contributed by atoms with van der Waals surface area (Å²) in [5.41, 5.74) is 9.29. The van der Waals surface area contributed by atoms with Crippen molar-refractivity contribution in [2.75, 3.05) is 5.73 Å². The Morgan fingerprint density at radius 2 is 2.10 bits per heavy atom. The number of anilines is 1. The average molecular weight is 272 g/mol. The van der Waals surface area contributed by atoms with Crippen LogP contribution in [0.15, 0.2) is 42.7 Å². The Kier molecular flexibility index (Phi) is 3.98. The van der Waals surface area contributed by atoms with Crippen molar-refractivity contribution in [1.29, 1.82) is 0 Å². The van der Waals surface area contributed by atoms with Crippen molar-refractivity contribution >= 4 is 22.4 Å². The molecule has 104 valence electrons. The van der Waals surface area contributed by atoms with Crippen LogP contribution in [0.2, 0.25) is 0 Å². The van der Waals surface area contributed by atoms with E-state index in [1.54, 1.807) is 19.1 Å². The first-order valence-electron chi connectivity index (χ1n) is 6.22. The topological polar surface area (TPSA) is 56.7 Å². The molecule has 2 N–H and O–H groups in total. The van der Waals surface area contributed by atoms with E-state index in [2.05, 4.69) is 9.97 Å². The molecule has 2 heterocycles. The molecule has 20 heavy (non-hydrogen) atoms. The molecular formula is C15H17FN4. The van der Waals surface area contributed by atoms with E-state index in [1.165, 1.54) is 6.33 Å². The molecule has 0 saturated heterocycles. The molecule has 2 aromatic heterocycles. The van der Waals surface area contributed by atoms with Gasteiger partial charge in [0.15, 0.2) is 0 Å². The summed E-state index contributed by atoms with van der Waals surface area (Å²) in [7, 11) is 1.91. The van der Waals surface area contributed by atoms with Crippen molar-refractivity contribution in [1.82, 2.24) is 14.5 Å². The Morgan fingerprint density at radius 1 is 1.35 bits per heavy atom. The zero-order valence-electron chi connectivity index (χ0n) is 11.8. The molecule has 0 atom stereocenters. The highest BCUT2D eigenvalue weighted by atomic mass is 19.1. The maximum atomic E-state index is 12.2. The number of fused-ring (bicyclic) bond motifs is 1. The molecule has 0 aliphatic rings. The van der Waals surface area contributed by atoms with Gasteiger partial charge >= 0.3 is 0 Å². The van der Waals surface area contributed by atoms with Gasteiger partial charge in [-0.3, -0.25) is 0 Å². The van der Waals surface area contributed by atoms with E-state index < -0.39 is 0 Å². The number of allylic oxidation sites excluding steroid dienone is 5. The number of hydrogen-bond acceptors (Lipinski definition) is 3. The minimum absolute atomic E-state index is 0.460. The van der Waals surface area contributed by atoms with Gasteiger partial charge in [0.25, 0.3) is 0 Å². The Morgan fingerprint density at radius 3 is 2.80 bits per heavy atom. The third-order valence-electron chi connectivity index (χ3n) is 3.09. The van der Waals surface area contributed by atoms with Crippen molar-refractivity contribution < 1.29 is 4.39 Å². The largest absolute Gasteiger partial charge is 0.383 e. The number of nitrogens with two attached hydrogens (primary N) is 1. The van der Waals surface area contributed by atoms with E-state index in [9.17, 15) is 4.39 Å². The van der Waals surface area contributed by atoms with Crippen molar-refractivity contribution in [3.8, 4) is 0 Å². The third-order valence-corrected chi connectivity index (χ3v) is 3.09. The number of aryl methyl sites for hydroxylation is 1. The van der Waals surface area contributed by atoms with E-state index in [1.807, 2.05) is 30.8 Å². The standard InChI is InChI=1S/C15H17FN4/c1-10(7-16)5-4-6-11(2)12-8-20(3)15-13(12)14(17)18-9-19-15/h4-9H,1-3H3,(H2,17,18,19)/b5-4-,10-7+,11-6+. The van der Waals surface area contributed by atoms with Gasteiger partial charge in [-0.05, 0) is 25.0 Å². The lowest BCUT2D eigenvalue weighted by Crippen LogP contribution is -1.94. The Labute approximate surface area is 117 Å². The number of nitrogen functional groups attached to an aromatic ring is 1. The van der Waals surface area contributed by atoms with Crippen molar-refractivity contribution in [2.45, 2.75) is 13.8 Å². The lowest BCUT2D eigenvalue weighted by molar-refractivity contribution is 0.713. The quantitative estimate of drug-likeness (QED) is 0.871. The fourth-order valence-electron chi connectivity index (χ4n) is 2.00. The molecule has 5 heteroatoms. The van der Waals surface area contributed by atoms with Gasteiger partial charge in [-0.25, -0.2) is 14.4 Å². The minimum atomic E-state index is 0.460. The number of halogens is 1. The number of nitrogens with zero attached hydrogens (tertiary/aromatic N) is 3. The molecule has 0 unspecified atom stereocenters. The molecule has 2 aromatic rings. The van der Waals surface area contributed by atoms with Gasteiger partial charge in [0.1, 0.15) is 17.8 Å². The summed E-state index contributed by atoms with van der Waals surface area (Å²) in [5.74, 6) is 0.460. The van der Waals surface area contributed by atoms with Crippen LogP contribution in [0, 0.1) is 0 Å². The van der Waals surface area contributed by atoms with E-state index in [4.69, 9.17) is 5.73 Å². The molecule has 0 aliphatic carbocycles. The molecule has 0 aliphatic heterocycles. The fourth-order valence-corrected chi connectivity index (χ4v) is 2.00. The summed E-state index contributed by atoms with van der Waals surface area (Å²) in [6, 6.07) is 0. The van der Waals surface area contributed by atoms with Gasteiger partial charge < -0.3 is 10.3 Å². The summed E-state index contributed by atoms with van der Waals surface area (Å²) >= 11 is 0. The van der Waals surface area contributed by atoms with Crippen LogP contribution in [-0.2, 0) is 7.05 Å². The van der Waals surface area contributed by atoms with Crippen molar-refractivity contribution in [3.05, 3.63) is 48.2 Å². The normalized spacial score (nSPS) is 13.6. The lowest BCUT2D eigenvalue weighted by Gasteiger charge is -2.00. The van der Waals surface area contributed by atoms with E-state index in [0.29, 0.717) is 17.7 Å². The molecule has 0 radical (unpaired) electrons. The molecular weight excluding hydrogens is 255 g/mol. The van der Waals surface area contributed by atoms with Gasteiger partial charge in [-0.15, -0.1) is 0 Å². The lowest BCUT2D eigenvalue weighted by atomic mass is 10.1. The smallest absolute Gasteiger partial charge is 0.145 e. The van der Waals surface area contributed by atoms with Crippen molar-refractivity contribution in [2.24, 2.45) is 7.05 Å². The van der Waals surface area contributed by atoms with Gasteiger partial charge in [-0.2, -0.15) is 0 Å². The second kappa shape index (κ2) is 5.69. The van der Waals surface area contributed by atoms with Gasteiger partial charge in [-0.1, -0.05) is 18.2 Å². The molecule has 0 fully saturated rings. The highest BCUT2D eigenvalue weighted by Gasteiger charge is 2.12. The van der Waals surface area contributed by atoms with Gasteiger partial charge in [0.05, 0.1) is 11.7 Å². The Hall–Kier alpha value is -2.43. The number of hydrogen-bond donors (Lipinski definition) is 1. The predicted molar refractivity (Wildman–Crippen MR) is 80.6 cm³/mol. The van der Waals surface area contributed by atoms with Crippen LogP contribution in [0.1, 0.15) is 19.4 Å². The summed E-state index contributed by atoms with van der Waals surface area (Å²) < 4.78 is 14.1. The Balaban J connectivity index is 2.48. The second-order valence-electron chi connectivity index (χ2n) is 4.67. The highest BCUT2D eigenvalue weighted by molar-refractivity contribution is 5.97. The minimum Gasteiger partial charge on any atom is -0.383 e. The molecule has 0 bridgehead atoms. The maximum absolute atomic E-state index is 12.2. The number of rotatable bonds is 3. The summed E-state index contributed by atoms with van der Waals surface area (Å²) in [4.78, 5) is 8.27. The first-order valence-corrected chi connectivity index (χ1v) is 6.22. The van der Waals surface area contributed by atoms with Crippen LogP contribution in [0.3, 0.4) is 0 Å². The van der Waals surface area contributed by atoms with Crippen LogP contribution in [-0.4, -0.2) is 14.5 Å². The summed E-state index contributed by atoms with van der Waals surface area (Å²) in [5, 5.41) is 0.843. The van der Waals surface area contributed by atoms with E-state index in [-0.39, 0.29) is 0 Å². The monoisotopic (exact) mass is 272 g/mol. The van der Waals surface area contributed by atoms with Gasteiger partial charge in [0, 0.05) is 18.8 Å². The molecule has 0 aromatic carbocycles. The molecule has 0 saturated carbocycles. The first kappa shape index (κ1) is 14.0. The van der Waals surface area contributed by atoms with Gasteiger partial charge in [0.2, 0.25) is 0 Å². The number of aromatic nitrogens is 3. The Bertz CT molecular complexity index is 723. The molecule has 0 amide bonds. The SMILES string of the molecule is CC(/C=C\C=C(/C)c1cn(C)c2ncnc(N)c12)=C\F. The summed E-state index contributed by atoms with van der Waals surface area (Å²) in [6.45, 7) is 3.67. The second-order valence-corrected chi connectivity index (χ2v) is 4.67. The third kappa shape index (κ3) is 2.61. The summed E-state index contributed by atoms with van der Waals surface area (Å²) in [6.07, 6.45) is 9.41. The van der Waals surface area contributed by atoms with Crippen LogP contribution in [0.4, 0.5) is 10.2 Å². The predicted octanol–water partition coefficient (Wildman–Crippen LogP) is 3.38. The van der Waals surface area contributed by atoms with Crippen LogP contribution in [0.5, 0.6) is 0 Å². The van der Waals surface area contributed by atoms with E-state index >= 15 is 0 Å². The van der Waals surface area contributed by atoms with Crippen LogP contribution in [0.25, 0.3) is 16.6 Å². The highest BCUT2D eigenvalue weighted by Crippen LogP contribution is 2.28. The maximum Gasteiger partial charge on any atom is 0.145 e. The fraction of sp³-hybridized carbons (Fsp3) is 0.200. The molecule has 4 nitrogen and oxygen atoms in total. The van der Waals surface area contributed by atoms with E-state index in [0.717, 1.165) is 22.2 Å². The van der Waals surface area contributed by atoms with Crippen LogP contribution >= 0.6 is 0 Å². The zero-order chi connectivity index (χ0) is 14.7. The molecule has 0 spiro atoms. The molecule has 2 rings (SSSR count).